The van der Waals surface area contributed by atoms with E-state index in [0.717, 1.165) is 21.9 Å². The Labute approximate surface area is 149 Å². The van der Waals surface area contributed by atoms with Crippen molar-refractivity contribution in [1.29, 1.82) is 0 Å². The quantitative estimate of drug-likeness (QED) is 0.401. The second-order valence-electron chi connectivity index (χ2n) is 6.01. The molecule has 2 heterocycles. The van der Waals surface area contributed by atoms with E-state index in [2.05, 4.69) is 29.3 Å². The van der Waals surface area contributed by atoms with Crippen LogP contribution in [0.1, 0.15) is 22.8 Å². The summed E-state index contributed by atoms with van der Waals surface area (Å²) in [6.45, 7) is 3.99. The Balaban J connectivity index is 1.75. The number of fused-ring (bicyclic) bond motifs is 3. The fourth-order valence-electron chi connectivity index (χ4n) is 3.00. The van der Waals surface area contributed by atoms with E-state index >= 15 is 0 Å². The molecule has 0 amide bonds. The summed E-state index contributed by atoms with van der Waals surface area (Å²) >= 11 is 1.44. The van der Waals surface area contributed by atoms with Crippen LogP contribution in [0, 0.1) is 6.92 Å². The number of nitrogens with zero attached hydrogens (tertiary/aromatic N) is 3. The Hall–Kier alpha value is -2.66. The highest BCUT2D eigenvalue weighted by atomic mass is 32.2. The standard InChI is InChI=1S/C20H17N3OS/c1-13-12-18-21-22-20(23(18)17-11-7-6-10-16(13)17)25-14(2)19(24)15-8-4-3-5-9-15/h3-12,14H,1-2H3/t14-/m0/s1. The van der Waals surface area contributed by atoms with Gasteiger partial charge in [0.1, 0.15) is 0 Å². The zero-order chi connectivity index (χ0) is 17.4. The van der Waals surface area contributed by atoms with Crippen molar-refractivity contribution in [2.24, 2.45) is 0 Å². The van der Waals surface area contributed by atoms with Gasteiger partial charge in [-0.2, -0.15) is 0 Å². The molecule has 124 valence electrons. The molecule has 0 saturated carbocycles. The molecule has 0 aliphatic heterocycles. The number of carbonyl (C=O) groups is 1. The van der Waals surface area contributed by atoms with Crippen molar-refractivity contribution in [3.05, 3.63) is 71.8 Å². The van der Waals surface area contributed by atoms with E-state index in [0.29, 0.717) is 0 Å². The maximum atomic E-state index is 12.6. The van der Waals surface area contributed by atoms with E-state index in [1.165, 1.54) is 22.7 Å². The third-order valence-electron chi connectivity index (χ3n) is 4.28. The van der Waals surface area contributed by atoms with Crippen LogP contribution in [-0.4, -0.2) is 25.6 Å². The second-order valence-corrected chi connectivity index (χ2v) is 7.32. The first-order valence-corrected chi connectivity index (χ1v) is 9.02. The molecular formula is C20H17N3OS. The van der Waals surface area contributed by atoms with Gasteiger partial charge in [0.2, 0.25) is 0 Å². The fraction of sp³-hybridized carbons (Fsp3) is 0.150. The van der Waals surface area contributed by atoms with Crippen molar-refractivity contribution in [2.45, 2.75) is 24.3 Å². The molecule has 0 spiro atoms. The molecule has 4 aromatic rings. The molecule has 4 nitrogen and oxygen atoms in total. The Bertz CT molecular complexity index is 1070. The van der Waals surface area contributed by atoms with Crippen molar-refractivity contribution in [2.75, 3.05) is 0 Å². The summed E-state index contributed by atoms with van der Waals surface area (Å²) in [5, 5.41) is 10.3. The van der Waals surface area contributed by atoms with E-state index in [4.69, 9.17) is 0 Å². The molecule has 2 aromatic carbocycles. The van der Waals surface area contributed by atoms with Gasteiger partial charge in [-0.3, -0.25) is 9.20 Å². The maximum Gasteiger partial charge on any atom is 0.196 e. The summed E-state index contributed by atoms with van der Waals surface area (Å²) in [7, 11) is 0. The van der Waals surface area contributed by atoms with Crippen LogP contribution in [0.15, 0.2) is 65.8 Å². The van der Waals surface area contributed by atoms with Crippen molar-refractivity contribution in [3.8, 4) is 0 Å². The number of rotatable bonds is 4. The van der Waals surface area contributed by atoms with Crippen LogP contribution in [0.2, 0.25) is 0 Å². The van der Waals surface area contributed by atoms with Crippen LogP contribution in [0.3, 0.4) is 0 Å². The highest BCUT2D eigenvalue weighted by Crippen LogP contribution is 2.29. The van der Waals surface area contributed by atoms with Crippen molar-refractivity contribution >= 4 is 34.1 Å². The molecule has 0 fully saturated rings. The monoisotopic (exact) mass is 347 g/mol. The maximum absolute atomic E-state index is 12.6. The molecule has 25 heavy (non-hydrogen) atoms. The van der Waals surface area contributed by atoms with Crippen molar-refractivity contribution in [1.82, 2.24) is 14.6 Å². The summed E-state index contributed by atoms with van der Waals surface area (Å²) in [5.74, 6) is 0.0961. The van der Waals surface area contributed by atoms with Gasteiger partial charge in [0.25, 0.3) is 0 Å². The predicted octanol–water partition coefficient (Wildman–Crippen LogP) is 4.55. The molecule has 4 rings (SSSR count). The Kier molecular flexibility index (Phi) is 4.01. The zero-order valence-corrected chi connectivity index (χ0v) is 14.8. The second kappa shape index (κ2) is 6.33. The lowest BCUT2D eigenvalue weighted by atomic mass is 10.1. The molecule has 0 N–H and O–H groups in total. The van der Waals surface area contributed by atoms with Gasteiger partial charge >= 0.3 is 0 Å². The van der Waals surface area contributed by atoms with E-state index in [1.807, 2.05) is 59.9 Å². The average Bonchev–Trinajstić information content (AvgIpc) is 3.04. The molecule has 2 aromatic heterocycles. The lowest BCUT2D eigenvalue weighted by Crippen LogP contribution is -2.14. The van der Waals surface area contributed by atoms with Gasteiger partial charge in [0.05, 0.1) is 10.8 Å². The molecule has 0 saturated heterocycles. The van der Waals surface area contributed by atoms with Crippen LogP contribution in [0.25, 0.3) is 16.6 Å². The van der Waals surface area contributed by atoms with Gasteiger partial charge in [0, 0.05) is 10.9 Å². The van der Waals surface area contributed by atoms with Gasteiger partial charge in [0.15, 0.2) is 16.6 Å². The van der Waals surface area contributed by atoms with E-state index in [1.54, 1.807) is 0 Å². The van der Waals surface area contributed by atoms with Crippen LogP contribution in [0.5, 0.6) is 0 Å². The number of hydrogen-bond donors (Lipinski definition) is 0. The van der Waals surface area contributed by atoms with Crippen molar-refractivity contribution < 1.29 is 4.79 Å². The van der Waals surface area contributed by atoms with Gasteiger partial charge in [-0.1, -0.05) is 60.3 Å². The van der Waals surface area contributed by atoms with Crippen molar-refractivity contribution in [3.63, 3.8) is 0 Å². The number of aromatic nitrogens is 3. The topological polar surface area (TPSA) is 47.3 Å². The number of para-hydroxylation sites is 1. The largest absolute Gasteiger partial charge is 0.293 e. The van der Waals surface area contributed by atoms with Crippen LogP contribution in [-0.2, 0) is 0 Å². The smallest absolute Gasteiger partial charge is 0.196 e. The highest BCUT2D eigenvalue weighted by Gasteiger charge is 2.20. The Morgan fingerprint density at radius 1 is 1.04 bits per heavy atom. The van der Waals surface area contributed by atoms with Crippen LogP contribution < -0.4 is 0 Å². The molecule has 0 bridgehead atoms. The lowest BCUT2D eigenvalue weighted by molar-refractivity contribution is 0.0994. The number of carbonyl (C=O) groups excluding carboxylic acids is 1. The average molecular weight is 347 g/mol. The molecule has 5 heteroatoms. The normalized spacial score (nSPS) is 12.6. The molecular weight excluding hydrogens is 330 g/mol. The fourth-order valence-corrected chi connectivity index (χ4v) is 3.94. The SMILES string of the molecule is Cc1cc2nnc(S[C@@H](C)C(=O)c3ccccc3)n2c2ccccc12. The first-order chi connectivity index (χ1) is 12.1. The summed E-state index contributed by atoms with van der Waals surface area (Å²) in [6, 6.07) is 19.6. The number of benzene rings is 2. The lowest BCUT2D eigenvalue weighted by Gasteiger charge is -2.11. The number of pyridine rings is 1. The number of aryl methyl sites for hydroxylation is 1. The minimum Gasteiger partial charge on any atom is -0.293 e. The molecule has 0 unspecified atom stereocenters. The molecule has 0 radical (unpaired) electrons. The highest BCUT2D eigenvalue weighted by molar-refractivity contribution is 8.00. The van der Waals surface area contributed by atoms with Crippen LogP contribution >= 0.6 is 11.8 Å². The van der Waals surface area contributed by atoms with Gasteiger partial charge in [-0.05, 0) is 31.5 Å². The van der Waals surface area contributed by atoms with Crippen LogP contribution in [0.4, 0.5) is 0 Å². The minimum atomic E-state index is -0.241. The summed E-state index contributed by atoms with van der Waals surface area (Å²) in [6.07, 6.45) is 0. The number of hydrogen-bond acceptors (Lipinski definition) is 4. The first kappa shape index (κ1) is 15.8. The zero-order valence-electron chi connectivity index (χ0n) is 14.0. The third kappa shape index (κ3) is 2.81. The summed E-state index contributed by atoms with van der Waals surface area (Å²) < 4.78 is 2.03. The summed E-state index contributed by atoms with van der Waals surface area (Å²) in [5.41, 5.74) is 3.75. The van der Waals surface area contributed by atoms with E-state index < -0.39 is 0 Å². The first-order valence-electron chi connectivity index (χ1n) is 8.14. The van der Waals surface area contributed by atoms with Gasteiger partial charge in [-0.25, -0.2) is 0 Å². The molecule has 0 aliphatic carbocycles. The Morgan fingerprint density at radius 2 is 1.76 bits per heavy atom. The number of ketones is 1. The number of thioether (sulfide) groups is 1. The van der Waals surface area contributed by atoms with Gasteiger partial charge < -0.3 is 0 Å². The number of Topliss-reactive ketones (excluding diaryl/α,β-unsaturated/α-hetero) is 1. The minimum absolute atomic E-state index is 0.0961. The van der Waals surface area contributed by atoms with E-state index in [9.17, 15) is 4.79 Å². The third-order valence-corrected chi connectivity index (χ3v) is 5.33. The molecule has 1 atom stereocenters. The van der Waals surface area contributed by atoms with E-state index in [-0.39, 0.29) is 11.0 Å². The predicted molar refractivity (Wildman–Crippen MR) is 101 cm³/mol. The summed E-state index contributed by atoms with van der Waals surface area (Å²) in [4.78, 5) is 12.6. The van der Waals surface area contributed by atoms with Gasteiger partial charge in [-0.15, -0.1) is 10.2 Å². The molecule has 0 aliphatic rings. The Morgan fingerprint density at radius 3 is 2.56 bits per heavy atom.